The quantitative estimate of drug-likeness (QED) is 0.592. The SMILES string of the molecule is CCOCCCCNCCS(=O)(=O)CC1CCCC1. The molecule has 1 saturated carbocycles. The standard InChI is InChI=1S/C14H29NO3S/c1-2-18-11-6-5-9-15-10-12-19(16,17)13-14-7-3-4-8-14/h14-15H,2-13H2,1H3. The van der Waals surface area contributed by atoms with E-state index in [1.165, 1.54) is 12.8 Å². The summed E-state index contributed by atoms with van der Waals surface area (Å²) < 4.78 is 29.0. The van der Waals surface area contributed by atoms with Gasteiger partial charge in [0, 0.05) is 19.8 Å². The molecule has 5 heteroatoms. The van der Waals surface area contributed by atoms with Gasteiger partial charge in [0.2, 0.25) is 0 Å². The molecule has 0 aromatic rings. The Labute approximate surface area is 118 Å². The molecule has 0 amide bonds. The van der Waals surface area contributed by atoms with Crippen molar-refractivity contribution in [2.75, 3.05) is 37.8 Å². The van der Waals surface area contributed by atoms with Crippen molar-refractivity contribution in [2.45, 2.75) is 45.4 Å². The maximum Gasteiger partial charge on any atom is 0.151 e. The monoisotopic (exact) mass is 291 g/mol. The van der Waals surface area contributed by atoms with E-state index in [4.69, 9.17) is 4.74 Å². The molecule has 0 aromatic heterocycles. The first-order valence-corrected chi connectivity index (χ1v) is 9.45. The predicted octanol–water partition coefficient (Wildman–Crippen LogP) is 2.00. The van der Waals surface area contributed by atoms with E-state index in [-0.39, 0.29) is 5.75 Å². The van der Waals surface area contributed by atoms with Crippen LogP contribution in [0.1, 0.15) is 45.4 Å². The second-order valence-electron chi connectivity index (χ2n) is 5.42. The summed E-state index contributed by atoms with van der Waals surface area (Å²) >= 11 is 0. The van der Waals surface area contributed by atoms with E-state index in [1.54, 1.807) is 0 Å². The fourth-order valence-electron chi connectivity index (χ4n) is 2.57. The number of hydrogen-bond donors (Lipinski definition) is 1. The highest BCUT2D eigenvalue weighted by molar-refractivity contribution is 7.91. The van der Waals surface area contributed by atoms with E-state index in [0.717, 1.165) is 45.4 Å². The molecular weight excluding hydrogens is 262 g/mol. The number of ether oxygens (including phenoxy) is 1. The van der Waals surface area contributed by atoms with Crippen LogP contribution >= 0.6 is 0 Å². The van der Waals surface area contributed by atoms with Gasteiger partial charge in [0.25, 0.3) is 0 Å². The number of sulfone groups is 1. The Morgan fingerprint density at radius 1 is 1.16 bits per heavy atom. The molecule has 0 bridgehead atoms. The minimum atomic E-state index is -2.85. The van der Waals surface area contributed by atoms with Gasteiger partial charge in [0.15, 0.2) is 9.84 Å². The lowest BCUT2D eigenvalue weighted by Gasteiger charge is -2.10. The summed E-state index contributed by atoms with van der Waals surface area (Å²) in [5.74, 6) is 1.12. The van der Waals surface area contributed by atoms with Crippen molar-refractivity contribution < 1.29 is 13.2 Å². The Morgan fingerprint density at radius 2 is 1.89 bits per heavy atom. The molecule has 1 N–H and O–H groups in total. The summed E-state index contributed by atoms with van der Waals surface area (Å²) in [6.45, 7) is 5.04. The van der Waals surface area contributed by atoms with Crippen LogP contribution in [0.3, 0.4) is 0 Å². The molecule has 0 saturated heterocycles. The van der Waals surface area contributed by atoms with Crippen molar-refractivity contribution >= 4 is 9.84 Å². The normalized spacial score (nSPS) is 17.1. The van der Waals surface area contributed by atoms with Gasteiger partial charge in [0.1, 0.15) is 0 Å². The van der Waals surface area contributed by atoms with E-state index in [9.17, 15) is 8.42 Å². The van der Waals surface area contributed by atoms with E-state index in [0.29, 0.717) is 18.2 Å². The van der Waals surface area contributed by atoms with Gasteiger partial charge in [-0.1, -0.05) is 12.8 Å². The van der Waals surface area contributed by atoms with Gasteiger partial charge >= 0.3 is 0 Å². The zero-order valence-electron chi connectivity index (χ0n) is 12.2. The van der Waals surface area contributed by atoms with Crippen LogP contribution in [-0.4, -0.2) is 46.2 Å². The van der Waals surface area contributed by atoms with E-state index < -0.39 is 9.84 Å². The minimum Gasteiger partial charge on any atom is -0.382 e. The fraction of sp³-hybridized carbons (Fsp3) is 1.00. The Hall–Kier alpha value is -0.130. The Morgan fingerprint density at radius 3 is 2.58 bits per heavy atom. The molecule has 0 aromatic carbocycles. The average molecular weight is 291 g/mol. The summed E-state index contributed by atoms with van der Waals surface area (Å²) in [4.78, 5) is 0. The van der Waals surface area contributed by atoms with Crippen LogP contribution in [-0.2, 0) is 14.6 Å². The minimum absolute atomic E-state index is 0.287. The molecule has 0 atom stereocenters. The molecule has 0 heterocycles. The zero-order chi connectivity index (χ0) is 14.0. The van der Waals surface area contributed by atoms with E-state index in [1.807, 2.05) is 6.92 Å². The molecule has 1 aliphatic rings. The Bertz CT molecular complexity index is 311. The number of nitrogens with one attached hydrogen (secondary N) is 1. The predicted molar refractivity (Wildman–Crippen MR) is 79.2 cm³/mol. The van der Waals surface area contributed by atoms with Gasteiger partial charge in [-0.15, -0.1) is 0 Å². The smallest absolute Gasteiger partial charge is 0.151 e. The third-order valence-electron chi connectivity index (χ3n) is 3.65. The third kappa shape index (κ3) is 8.60. The highest BCUT2D eigenvalue weighted by atomic mass is 32.2. The lowest BCUT2D eigenvalue weighted by molar-refractivity contribution is 0.143. The molecule has 19 heavy (non-hydrogen) atoms. The van der Waals surface area contributed by atoms with Crippen molar-refractivity contribution in [1.82, 2.24) is 5.32 Å². The lowest BCUT2D eigenvalue weighted by atomic mass is 10.1. The van der Waals surface area contributed by atoms with Crippen LogP contribution in [0.2, 0.25) is 0 Å². The second kappa shape index (κ2) is 9.72. The van der Waals surface area contributed by atoms with Crippen molar-refractivity contribution in [3.05, 3.63) is 0 Å². The van der Waals surface area contributed by atoms with Crippen molar-refractivity contribution in [1.29, 1.82) is 0 Å². The molecule has 114 valence electrons. The van der Waals surface area contributed by atoms with Crippen LogP contribution in [0.15, 0.2) is 0 Å². The molecule has 4 nitrogen and oxygen atoms in total. The third-order valence-corrected chi connectivity index (χ3v) is 5.46. The number of unbranched alkanes of at least 4 members (excludes halogenated alkanes) is 1. The molecule has 1 fully saturated rings. The summed E-state index contributed by atoms with van der Waals surface area (Å²) in [5.41, 5.74) is 0. The van der Waals surface area contributed by atoms with Crippen LogP contribution < -0.4 is 5.32 Å². The van der Waals surface area contributed by atoms with Gasteiger partial charge in [-0.3, -0.25) is 0 Å². The van der Waals surface area contributed by atoms with Gasteiger partial charge in [0.05, 0.1) is 11.5 Å². The first-order chi connectivity index (χ1) is 9.14. The molecule has 1 rings (SSSR count). The van der Waals surface area contributed by atoms with Crippen molar-refractivity contribution in [3.8, 4) is 0 Å². The Kier molecular flexibility index (Phi) is 8.66. The van der Waals surface area contributed by atoms with Crippen LogP contribution in [0.4, 0.5) is 0 Å². The van der Waals surface area contributed by atoms with Crippen LogP contribution in [0, 0.1) is 5.92 Å². The van der Waals surface area contributed by atoms with E-state index >= 15 is 0 Å². The van der Waals surface area contributed by atoms with Crippen molar-refractivity contribution in [2.24, 2.45) is 5.92 Å². The maximum atomic E-state index is 11.9. The molecule has 0 spiro atoms. The topological polar surface area (TPSA) is 55.4 Å². The molecule has 0 aliphatic heterocycles. The summed E-state index contributed by atoms with van der Waals surface area (Å²) in [5, 5.41) is 3.21. The number of hydrogen-bond acceptors (Lipinski definition) is 4. The lowest BCUT2D eigenvalue weighted by Crippen LogP contribution is -2.27. The highest BCUT2D eigenvalue weighted by Crippen LogP contribution is 2.25. The first kappa shape index (κ1) is 16.9. The Balaban J connectivity index is 1.98. The fourth-order valence-corrected chi connectivity index (χ4v) is 4.24. The summed E-state index contributed by atoms with van der Waals surface area (Å²) in [6, 6.07) is 0. The van der Waals surface area contributed by atoms with Gasteiger partial charge in [-0.2, -0.15) is 0 Å². The summed E-state index contributed by atoms with van der Waals surface area (Å²) in [7, 11) is -2.85. The largest absolute Gasteiger partial charge is 0.382 e. The van der Waals surface area contributed by atoms with Gasteiger partial charge in [-0.25, -0.2) is 8.42 Å². The van der Waals surface area contributed by atoms with Crippen LogP contribution in [0.25, 0.3) is 0 Å². The second-order valence-corrected chi connectivity index (χ2v) is 7.65. The molecular formula is C14H29NO3S. The molecule has 1 aliphatic carbocycles. The van der Waals surface area contributed by atoms with Gasteiger partial charge < -0.3 is 10.1 Å². The first-order valence-electron chi connectivity index (χ1n) is 7.63. The average Bonchev–Trinajstić information content (AvgIpc) is 2.84. The molecule has 0 unspecified atom stereocenters. The molecule has 0 radical (unpaired) electrons. The van der Waals surface area contributed by atoms with Gasteiger partial charge in [-0.05, 0) is 45.1 Å². The van der Waals surface area contributed by atoms with Crippen LogP contribution in [0.5, 0.6) is 0 Å². The van der Waals surface area contributed by atoms with Crippen molar-refractivity contribution in [3.63, 3.8) is 0 Å². The highest BCUT2D eigenvalue weighted by Gasteiger charge is 2.21. The summed E-state index contributed by atoms with van der Waals surface area (Å²) in [6.07, 6.45) is 6.70. The van der Waals surface area contributed by atoms with E-state index in [2.05, 4.69) is 5.32 Å². The number of rotatable bonds is 11. The maximum absolute atomic E-state index is 11.9. The zero-order valence-corrected chi connectivity index (χ0v) is 13.0.